The van der Waals surface area contributed by atoms with Crippen LogP contribution in [0.5, 0.6) is 0 Å². The summed E-state index contributed by atoms with van der Waals surface area (Å²) >= 11 is 5.99. The molecule has 2 rings (SSSR count). The normalized spacial score (nSPS) is 14.2. The standard InChI is InChI=1S/C14H16ClN3/c1-10(12-4-3-5-13(15)8-12)18-11(2)14-9-16-6-7-17-14/h3-11,18H,1-2H3/t10-,11?/m0/s1. The SMILES string of the molecule is CC(N[C@@H](C)c1cccc(Cl)c1)c1cnccn1. The lowest BCUT2D eigenvalue weighted by Crippen LogP contribution is -2.23. The number of aromatic nitrogens is 2. The first kappa shape index (κ1) is 13.0. The molecule has 0 aliphatic rings. The van der Waals surface area contributed by atoms with E-state index in [1.807, 2.05) is 18.2 Å². The van der Waals surface area contributed by atoms with Crippen LogP contribution in [0.4, 0.5) is 0 Å². The van der Waals surface area contributed by atoms with Gasteiger partial charge in [-0.3, -0.25) is 9.97 Å². The molecule has 94 valence electrons. The zero-order valence-electron chi connectivity index (χ0n) is 10.5. The van der Waals surface area contributed by atoms with Crippen LogP contribution in [-0.4, -0.2) is 9.97 Å². The van der Waals surface area contributed by atoms with Gasteiger partial charge in [-0.05, 0) is 31.5 Å². The molecular formula is C14H16ClN3. The minimum absolute atomic E-state index is 0.146. The number of nitrogens with zero attached hydrogens (tertiary/aromatic N) is 2. The van der Waals surface area contributed by atoms with Gasteiger partial charge in [-0.1, -0.05) is 23.7 Å². The van der Waals surface area contributed by atoms with E-state index < -0.39 is 0 Å². The summed E-state index contributed by atoms with van der Waals surface area (Å²) in [5.41, 5.74) is 2.10. The van der Waals surface area contributed by atoms with Gasteiger partial charge in [0.15, 0.2) is 0 Å². The fraction of sp³-hybridized carbons (Fsp3) is 0.286. The molecule has 18 heavy (non-hydrogen) atoms. The van der Waals surface area contributed by atoms with Crippen LogP contribution in [-0.2, 0) is 0 Å². The van der Waals surface area contributed by atoms with Crippen LogP contribution in [0.3, 0.4) is 0 Å². The third-order valence-corrected chi connectivity index (χ3v) is 3.11. The topological polar surface area (TPSA) is 37.8 Å². The van der Waals surface area contributed by atoms with Crippen molar-refractivity contribution in [2.45, 2.75) is 25.9 Å². The molecule has 0 amide bonds. The van der Waals surface area contributed by atoms with Gasteiger partial charge in [0, 0.05) is 35.7 Å². The molecule has 2 aromatic rings. The van der Waals surface area contributed by atoms with Crippen LogP contribution in [0.2, 0.25) is 5.02 Å². The maximum Gasteiger partial charge on any atom is 0.0753 e. The fourth-order valence-electron chi connectivity index (χ4n) is 1.87. The Morgan fingerprint density at radius 1 is 1.17 bits per heavy atom. The van der Waals surface area contributed by atoms with Gasteiger partial charge in [0.2, 0.25) is 0 Å². The Kier molecular flexibility index (Phi) is 4.28. The number of benzene rings is 1. The van der Waals surface area contributed by atoms with E-state index in [0.717, 1.165) is 10.7 Å². The number of halogens is 1. The van der Waals surface area contributed by atoms with Crippen molar-refractivity contribution < 1.29 is 0 Å². The Bertz CT molecular complexity index is 501. The van der Waals surface area contributed by atoms with Crippen LogP contribution in [0.15, 0.2) is 42.9 Å². The molecule has 2 atom stereocenters. The summed E-state index contributed by atoms with van der Waals surface area (Å²) < 4.78 is 0. The Morgan fingerprint density at radius 2 is 2.00 bits per heavy atom. The fourth-order valence-corrected chi connectivity index (χ4v) is 2.07. The van der Waals surface area contributed by atoms with Gasteiger partial charge in [0.1, 0.15) is 0 Å². The third kappa shape index (κ3) is 3.28. The molecule has 1 unspecified atom stereocenters. The second-order valence-electron chi connectivity index (χ2n) is 4.30. The molecule has 0 saturated carbocycles. The molecule has 0 bridgehead atoms. The van der Waals surface area contributed by atoms with Gasteiger partial charge in [-0.25, -0.2) is 0 Å². The molecule has 0 aliphatic heterocycles. The lowest BCUT2D eigenvalue weighted by atomic mass is 10.1. The lowest BCUT2D eigenvalue weighted by Gasteiger charge is -2.19. The Hall–Kier alpha value is -1.45. The van der Waals surface area contributed by atoms with Crippen LogP contribution >= 0.6 is 11.6 Å². The first-order valence-corrected chi connectivity index (χ1v) is 6.32. The maximum atomic E-state index is 5.99. The van der Waals surface area contributed by atoms with Crippen molar-refractivity contribution in [1.29, 1.82) is 0 Å². The predicted octanol–water partition coefficient (Wildman–Crippen LogP) is 3.54. The zero-order chi connectivity index (χ0) is 13.0. The predicted molar refractivity (Wildman–Crippen MR) is 73.4 cm³/mol. The summed E-state index contributed by atoms with van der Waals surface area (Å²) in [5.74, 6) is 0. The third-order valence-electron chi connectivity index (χ3n) is 2.88. The summed E-state index contributed by atoms with van der Waals surface area (Å²) in [5, 5.41) is 4.24. The first-order chi connectivity index (χ1) is 8.66. The van der Waals surface area contributed by atoms with Gasteiger partial charge in [-0.15, -0.1) is 0 Å². The van der Waals surface area contributed by atoms with Crippen molar-refractivity contribution in [2.75, 3.05) is 0 Å². The Morgan fingerprint density at radius 3 is 2.67 bits per heavy atom. The van der Waals surface area contributed by atoms with Crippen molar-refractivity contribution in [1.82, 2.24) is 15.3 Å². The van der Waals surface area contributed by atoms with Gasteiger partial charge in [0.25, 0.3) is 0 Å². The van der Waals surface area contributed by atoms with E-state index in [4.69, 9.17) is 11.6 Å². The maximum absolute atomic E-state index is 5.99. The van der Waals surface area contributed by atoms with E-state index in [0.29, 0.717) is 0 Å². The average molecular weight is 262 g/mol. The highest BCUT2D eigenvalue weighted by Crippen LogP contribution is 2.20. The smallest absolute Gasteiger partial charge is 0.0753 e. The highest BCUT2D eigenvalue weighted by molar-refractivity contribution is 6.30. The second kappa shape index (κ2) is 5.94. The zero-order valence-corrected chi connectivity index (χ0v) is 11.2. The summed E-state index contributed by atoms with van der Waals surface area (Å²) in [4.78, 5) is 8.37. The van der Waals surface area contributed by atoms with E-state index in [9.17, 15) is 0 Å². The van der Waals surface area contributed by atoms with Crippen molar-refractivity contribution >= 4 is 11.6 Å². The van der Waals surface area contributed by atoms with Crippen molar-refractivity contribution in [3.05, 3.63) is 59.1 Å². The van der Waals surface area contributed by atoms with Crippen LogP contribution in [0.25, 0.3) is 0 Å². The molecule has 0 radical (unpaired) electrons. The van der Waals surface area contributed by atoms with Crippen molar-refractivity contribution in [2.24, 2.45) is 0 Å². The lowest BCUT2D eigenvalue weighted by molar-refractivity contribution is 0.485. The molecular weight excluding hydrogens is 246 g/mol. The average Bonchev–Trinajstić information content (AvgIpc) is 2.39. The first-order valence-electron chi connectivity index (χ1n) is 5.94. The quantitative estimate of drug-likeness (QED) is 0.915. The molecule has 1 aromatic heterocycles. The summed E-state index contributed by atoms with van der Waals surface area (Å²) in [6.07, 6.45) is 5.16. The van der Waals surface area contributed by atoms with Gasteiger partial charge < -0.3 is 5.32 Å². The van der Waals surface area contributed by atoms with Gasteiger partial charge in [0.05, 0.1) is 5.69 Å². The minimum atomic E-state index is 0.146. The molecule has 0 fully saturated rings. The number of nitrogens with one attached hydrogen (secondary N) is 1. The van der Waals surface area contributed by atoms with E-state index in [1.54, 1.807) is 18.6 Å². The van der Waals surface area contributed by atoms with E-state index in [2.05, 4.69) is 35.2 Å². The van der Waals surface area contributed by atoms with Crippen LogP contribution < -0.4 is 5.32 Å². The van der Waals surface area contributed by atoms with E-state index >= 15 is 0 Å². The number of hydrogen-bond acceptors (Lipinski definition) is 3. The monoisotopic (exact) mass is 261 g/mol. The van der Waals surface area contributed by atoms with Gasteiger partial charge >= 0.3 is 0 Å². The highest BCUT2D eigenvalue weighted by atomic mass is 35.5. The summed E-state index contributed by atoms with van der Waals surface area (Å²) in [7, 11) is 0. The second-order valence-corrected chi connectivity index (χ2v) is 4.73. The molecule has 0 aliphatic carbocycles. The van der Waals surface area contributed by atoms with Crippen molar-refractivity contribution in [3.63, 3.8) is 0 Å². The highest BCUT2D eigenvalue weighted by Gasteiger charge is 2.12. The van der Waals surface area contributed by atoms with Crippen LogP contribution in [0, 0.1) is 0 Å². The number of hydrogen-bond donors (Lipinski definition) is 1. The van der Waals surface area contributed by atoms with Crippen LogP contribution in [0.1, 0.15) is 37.2 Å². The molecule has 0 saturated heterocycles. The molecule has 1 aromatic carbocycles. The molecule has 1 N–H and O–H groups in total. The summed E-state index contributed by atoms with van der Waals surface area (Å²) in [6, 6.07) is 8.23. The molecule has 3 nitrogen and oxygen atoms in total. The van der Waals surface area contributed by atoms with E-state index in [1.165, 1.54) is 5.56 Å². The molecule has 1 heterocycles. The Labute approximate surface area is 112 Å². The Balaban J connectivity index is 2.05. The number of rotatable bonds is 4. The molecule has 0 spiro atoms. The van der Waals surface area contributed by atoms with Gasteiger partial charge in [-0.2, -0.15) is 0 Å². The van der Waals surface area contributed by atoms with E-state index in [-0.39, 0.29) is 12.1 Å². The van der Waals surface area contributed by atoms with Crippen molar-refractivity contribution in [3.8, 4) is 0 Å². The largest absolute Gasteiger partial charge is 0.302 e. The minimum Gasteiger partial charge on any atom is -0.302 e. The summed E-state index contributed by atoms with van der Waals surface area (Å²) in [6.45, 7) is 4.18. The molecule has 4 heteroatoms.